The first kappa shape index (κ1) is 13.1. The van der Waals surface area contributed by atoms with Gasteiger partial charge in [-0.05, 0) is 12.1 Å². The Morgan fingerprint density at radius 3 is 2.47 bits per heavy atom. The molecule has 0 saturated heterocycles. The van der Waals surface area contributed by atoms with Crippen molar-refractivity contribution in [2.75, 3.05) is 0 Å². The molecule has 0 N–H and O–H groups in total. The van der Waals surface area contributed by atoms with E-state index in [-0.39, 0.29) is 17.7 Å². The summed E-state index contributed by atoms with van der Waals surface area (Å²) in [6.07, 6.45) is 1.17. The molecule has 98 valence electrons. The molecule has 0 amide bonds. The van der Waals surface area contributed by atoms with Crippen LogP contribution in [0.3, 0.4) is 0 Å². The van der Waals surface area contributed by atoms with Crippen molar-refractivity contribution in [1.82, 2.24) is 0 Å². The van der Waals surface area contributed by atoms with Gasteiger partial charge in [-0.2, -0.15) is 0 Å². The van der Waals surface area contributed by atoms with E-state index in [1.807, 2.05) is 0 Å². The van der Waals surface area contributed by atoms with E-state index in [2.05, 4.69) is 5.16 Å². The molecule has 0 aliphatic carbocycles. The van der Waals surface area contributed by atoms with Crippen LogP contribution in [0.25, 0.3) is 0 Å². The van der Waals surface area contributed by atoms with Crippen molar-refractivity contribution in [2.45, 2.75) is 6.61 Å². The summed E-state index contributed by atoms with van der Waals surface area (Å²) in [4.78, 5) is 4.81. The lowest BCUT2D eigenvalue weighted by atomic mass is 10.2. The summed E-state index contributed by atoms with van der Waals surface area (Å²) in [6, 6.07) is 9.78. The quantitative estimate of drug-likeness (QED) is 0.610. The molecule has 0 radical (unpaired) electrons. The molecule has 0 aliphatic heterocycles. The van der Waals surface area contributed by atoms with Crippen molar-refractivity contribution in [3.8, 4) is 0 Å². The molecule has 5 heteroatoms. The van der Waals surface area contributed by atoms with Gasteiger partial charge < -0.3 is 4.84 Å². The SMILES string of the molecule is Fc1ccccc1C=NOCc1cccc(F)c1F. The molecule has 0 heterocycles. The Balaban J connectivity index is 1.97. The fraction of sp³-hybridized carbons (Fsp3) is 0.0714. The zero-order valence-corrected chi connectivity index (χ0v) is 9.82. The van der Waals surface area contributed by atoms with Crippen molar-refractivity contribution in [2.24, 2.45) is 5.16 Å². The molecule has 2 aromatic carbocycles. The first-order valence-electron chi connectivity index (χ1n) is 5.51. The highest BCUT2D eigenvalue weighted by Crippen LogP contribution is 2.12. The van der Waals surface area contributed by atoms with Crippen LogP contribution in [0, 0.1) is 17.5 Å². The third kappa shape index (κ3) is 3.34. The highest BCUT2D eigenvalue weighted by Gasteiger charge is 2.07. The van der Waals surface area contributed by atoms with E-state index in [9.17, 15) is 13.2 Å². The minimum Gasteiger partial charge on any atom is -0.391 e. The molecular formula is C14H10F3NO. The predicted octanol–water partition coefficient (Wildman–Crippen LogP) is 3.65. The summed E-state index contributed by atoms with van der Waals surface area (Å²) in [5.74, 6) is -2.35. The minimum atomic E-state index is -0.969. The normalized spacial score (nSPS) is 10.9. The fourth-order valence-electron chi connectivity index (χ4n) is 1.44. The summed E-state index contributed by atoms with van der Waals surface area (Å²) >= 11 is 0. The standard InChI is InChI=1S/C14H10F3NO/c15-12-6-2-1-4-10(12)8-18-19-9-11-5-3-7-13(16)14(11)17/h1-8H,9H2. The Morgan fingerprint density at radius 2 is 1.68 bits per heavy atom. The van der Waals surface area contributed by atoms with Gasteiger partial charge in [-0.3, -0.25) is 0 Å². The van der Waals surface area contributed by atoms with Crippen LogP contribution in [0.5, 0.6) is 0 Å². The number of rotatable bonds is 4. The topological polar surface area (TPSA) is 21.6 Å². The molecule has 0 aliphatic rings. The van der Waals surface area contributed by atoms with Gasteiger partial charge in [0.1, 0.15) is 12.4 Å². The van der Waals surface area contributed by atoms with Gasteiger partial charge in [0.25, 0.3) is 0 Å². The number of oxime groups is 1. The summed E-state index contributed by atoms with van der Waals surface area (Å²) < 4.78 is 39.3. The van der Waals surface area contributed by atoms with Gasteiger partial charge >= 0.3 is 0 Å². The van der Waals surface area contributed by atoms with Gasteiger partial charge in [-0.1, -0.05) is 35.5 Å². The number of hydrogen-bond donors (Lipinski definition) is 0. The van der Waals surface area contributed by atoms with Crippen LogP contribution in [0.4, 0.5) is 13.2 Å². The average Bonchev–Trinajstić information content (AvgIpc) is 2.41. The molecule has 0 spiro atoms. The summed E-state index contributed by atoms with van der Waals surface area (Å²) in [7, 11) is 0. The number of nitrogens with zero attached hydrogens (tertiary/aromatic N) is 1. The smallest absolute Gasteiger partial charge is 0.165 e. The second-order valence-corrected chi connectivity index (χ2v) is 3.74. The highest BCUT2D eigenvalue weighted by atomic mass is 19.2. The first-order valence-corrected chi connectivity index (χ1v) is 5.51. The van der Waals surface area contributed by atoms with Crippen LogP contribution in [0.2, 0.25) is 0 Å². The van der Waals surface area contributed by atoms with E-state index < -0.39 is 17.5 Å². The van der Waals surface area contributed by atoms with Crippen LogP contribution in [0.1, 0.15) is 11.1 Å². The van der Waals surface area contributed by atoms with Crippen molar-refractivity contribution in [3.05, 3.63) is 71.0 Å². The third-order valence-electron chi connectivity index (χ3n) is 2.42. The Labute approximate surface area is 108 Å². The van der Waals surface area contributed by atoms with E-state index >= 15 is 0 Å². The maximum Gasteiger partial charge on any atom is 0.165 e. The molecule has 0 atom stereocenters. The Morgan fingerprint density at radius 1 is 0.947 bits per heavy atom. The molecular weight excluding hydrogens is 255 g/mol. The maximum absolute atomic E-state index is 13.2. The lowest BCUT2D eigenvalue weighted by molar-refractivity contribution is 0.129. The van der Waals surface area contributed by atoms with E-state index in [0.29, 0.717) is 0 Å². The number of benzene rings is 2. The van der Waals surface area contributed by atoms with Crippen LogP contribution >= 0.6 is 0 Å². The van der Waals surface area contributed by atoms with Crippen LogP contribution in [-0.4, -0.2) is 6.21 Å². The lowest BCUT2D eigenvalue weighted by Gasteiger charge is -2.02. The van der Waals surface area contributed by atoms with E-state index in [4.69, 9.17) is 4.84 Å². The van der Waals surface area contributed by atoms with Crippen molar-refractivity contribution in [1.29, 1.82) is 0 Å². The van der Waals surface area contributed by atoms with Crippen molar-refractivity contribution >= 4 is 6.21 Å². The van der Waals surface area contributed by atoms with Crippen molar-refractivity contribution < 1.29 is 18.0 Å². The molecule has 0 fully saturated rings. The number of hydrogen-bond acceptors (Lipinski definition) is 2. The predicted molar refractivity (Wildman–Crippen MR) is 65.1 cm³/mol. The molecule has 2 rings (SSSR count). The summed E-state index contributed by atoms with van der Waals surface area (Å²) in [5, 5.41) is 3.51. The minimum absolute atomic E-state index is 0.0469. The second-order valence-electron chi connectivity index (χ2n) is 3.74. The van der Waals surface area contributed by atoms with Crippen LogP contribution in [-0.2, 0) is 11.4 Å². The molecule has 0 unspecified atom stereocenters. The van der Waals surface area contributed by atoms with Gasteiger partial charge in [0.2, 0.25) is 0 Å². The van der Waals surface area contributed by atoms with E-state index in [1.165, 1.54) is 30.5 Å². The molecule has 0 saturated carbocycles. The van der Waals surface area contributed by atoms with Gasteiger partial charge in [0, 0.05) is 11.1 Å². The van der Waals surface area contributed by atoms with Gasteiger partial charge in [0.05, 0.1) is 6.21 Å². The highest BCUT2D eigenvalue weighted by molar-refractivity contribution is 5.79. The third-order valence-corrected chi connectivity index (χ3v) is 2.42. The van der Waals surface area contributed by atoms with Crippen molar-refractivity contribution in [3.63, 3.8) is 0 Å². The van der Waals surface area contributed by atoms with Gasteiger partial charge in [-0.25, -0.2) is 13.2 Å². The zero-order valence-electron chi connectivity index (χ0n) is 9.82. The Hall–Kier alpha value is -2.30. The van der Waals surface area contributed by atoms with E-state index in [1.54, 1.807) is 12.1 Å². The summed E-state index contributed by atoms with van der Waals surface area (Å²) in [5.41, 5.74) is 0.299. The zero-order chi connectivity index (χ0) is 13.7. The molecule has 19 heavy (non-hydrogen) atoms. The average molecular weight is 265 g/mol. The molecule has 2 aromatic rings. The second kappa shape index (κ2) is 6.04. The molecule has 0 aromatic heterocycles. The monoisotopic (exact) mass is 265 g/mol. The Bertz CT molecular complexity index is 599. The maximum atomic E-state index is 13.2. The largest absolute Gasteiger partial charge is 0.391 e. The number of halogens is 3. The van der Waals surface area contributed by atoms with Crippen LogP contribution < -0.4 is 0 Å². The fourth-order valence-corrected chi connectivity index (χ4v) is 1.44. The summed E-state index contributed by atoms with van der Waals surface area (Å²) in [6.45, 7) is -0.228. The van der Waals surface area contributed by atoms with Gasteiger partial charge in [0.15, 0.2) is 11.6 Å². The Kier molecular flexibility index (Phi) is 4.18. The first-order chi connectivity index (χ1) is 9.18. The van der Waals surface area contributed by atoms with E-state index in [0.717, 1.165) is 6.07 Å². The molecule has 2 nitrogen and oxygen atoms in total. The van der Waals surface area contributed by atoms with Crippen LogP contribution in [0.15, 0.2) is 47.6 Å². The molecule has 0 bridgehead atoms. The lowest BCUT2D eigenvalue weighted by Crippen LogP contribution is -1.96. The van der Waals surface area contributed by atoms with Gasteiger partial charge in [-0.15, -0.1) is 0 Å².